The van der Waals surface area contributed by atoms with Crippen molar-refractivity contribution in [3.8, 4) is 0 Å². The third-order valence-corrected chi connectivity index (χ3v) is 2.09. The van der Waals surface area contributed by atoms with Crippen molar-refractivity contribution in [2.24, 2.45) is 0 Å². The highest BCUT2D eigenvalue weighted by Crippen LogP contribution is 2.08. The summed E-state index contributed by atoms with van der Waals surface area (Å²) < 4.78 is 10.1. The Morgan fingerprint density at radius 1 is 1.31 bits per heavy atom. The van der Waals surface area contributed by atoms with Crippen molar-refractivity contribution in [2.45, 2.75) is 52.4 Å². The molecule has 0 heterocycles. The maximum absolute atomic E-state index is 11.8. The van der Waals surface area contributed by atoms with Crippen molar-refractivity contribution in [3.63, 3.8) is 0 Å². The van der Waals surface area contributed by atoms with E-state index in [4.69, 9.17) is 14.6 Å². The average Bonchev–Trinajstić information content (AvgIpc) is 2.23. The van der Waals surface area contributed by atoms with Crippen molar-refractivity contribution in [1.29, 1.82) is 0 Å². The van der Waals surface area contributed by atoms with Gasteiger partial charge in [0.25, 0.3) is 0 Å². The molecule has 0 radical (unpaired) electrons. The maximum Gasteiger partial charge on any atom is 0.303 e. The minimum absolute atomic E-state index is 0.147. The SMILES string of the molecule is CCC(OC(C)CO)C(=O)C(C)OC(C)=O. The van der Waals surface area contributed by atoms with Gasteiger partial charge >= 0.3 is 5.97 Å². The second-order valence-electron chi connectivity index (χ2n) is 3.68. The van der Waals surface area contributed by atoms with Crippen molar-refractivity contribution in [1.82, 2.24) is 0 Å². The molecule has 3 atom stereocenters. The Hall–Kier alpha value is -0.940. The third-order valence-electron chi connectivity index (χ3n) is 2.09. The lowest BCUT2D eigenvalue weighted by Crippen LogP contribution is -2.37. The number of aliphatic hydroxyl groups is 1. The highest BCUT2D eigenvalue weighted by atomic mass is 16.6. The maximum atomic E-state index is 11.8. The number of carbonyl (C=O) groups is 2. The molecule has 5 nitrogen and oxygen atoms in total. The van der Waals surface area contributed by atoms with Gasteiger partial charge in [0.15, 0.2) is 6.10 Å². The lowest BCUT2D eigenvalue weighted by atomic mass is 10.1. The van der Waals surface area contributed by atoms with Gasteiger partial charge in [-0.3, -0.25) is 9.59 Å². The largest absolute Gasteiger partial charge is 0.455 e. The van der Waals surface area contributed by atoms with Crippen LogP contribution in [0.5, 0.6) is 0 Å². The standard InChI is InChI=1S/C11H20O5/c1-5-10(15-7(2)6-12)11(14)8(3)16-9(4)13/h7-8,10,12H,5-6H2,1-4H3. The topological polar surface area (TPSA) is 72.8 Å². The fourth-order valence-electron chi connectivity index (χ4n) is 1.26. The van der Waals surface area contributed by atoms with Gasteiger partial charge in [-0.1, -0.05) is 6.92 Å². The Morgan fingerprint density at radius 3 is 2.25 bits per heavy atom. The van der Waals surface area contributed by atoms with Gasteiger partial charge in [-0.2, -0.15) is 0 Å². The van der Waals surface area contributed by atoms with Gasteiger partial charge in [0.2, 0.25) is 5.78 Å². The van der Waals surface area contributed by atoms with E-state index in [1.54, 1.807) is 13.8 Å². The Morgan fingerprint density at radius 2 is 1.88 bits per heavy atom. The number of Topliss-reactive ketones (excluding diaryl/α,β-unsaturated/α-hetero) is 1. The van der Waals surface area contributed by atoms with E-state index in [0.717, 1.165) is 0 Å². The van der Waals surface area contributed by atoms with E-state index in [1.165, 1.54) is 13.8 Å². The van der Waals surface area contributed by atoms with Gasteiger partial charge in [-0.25, -0.2) is 0 Å². The molecule has 0 aliphatic rings. The number of esters is 1. The van der Waals surface area contributed by atoms with E-state index in [1.807, 2.05) is 0 Å². The van der Waals surface area contributed by atoms with E-state index in [2.05, 4.69) is 0 Å². The van der Waals surface area contributed by atoms with Crippen molar-refractivity contribution >= 4 is 11.8 Å². The van der Waals surface area contributed by atoms with E-state index >= 15 is 0 Å². The molecule has 0 aromatic heterocycles. The van der Waals surface area contributed by atoms with Gasteiger partial charge in [0.1, 0.15) is 6.10 Å². The number of hydrogen-bond donors (Lipinski definition) is 1. The number of rotatable bonds is 7. The van der Waals surface area contributed by atoms with Gasteiger partial charge in [-0.15, -0.1) is 0 Å². The highest BCUT2D eigenvalue weighted by molar-refractivity contribution is 5.88. The second kappa shape index (κ2) is 7.35. The Kier molecular flexibility index (Phi) is 6.92. The van der Waals surface area contributed by atoms with Gasteiger partial charge in [-0.05, 0) is 20.3 Å². The summed E-state index contributed by atoms with van der Waals surface area (Å²) in [7, 11) is 0. The molecule has 0 saturated heterocycles. The third kappa shape index (κ3) is 5.23. The summed E-state index contributed by atoms with van der Waals surface area (Å²) in [6, 6.07) is 0. The van der Waals surface area contributed by atoms with Crippen LogP contribution in [-0.2, 0) is 19.1 Å². The van der Waals surface area contributed by atoms with Crippen molar-refractivity contribution in [3.05, 3.63) is 0 Å². The first-order chi connectivity index (χ1) is 7.42. The van der Waals surface area contributed by atoms with Gasteiger partial charge < -0.3 is 14.6 Å². The predicted molar refractivity (Wildman–Crippen MR) is 57.9 cm³/mol. The monoisotopic (exact) mass is 232 g/mol. The normalized spacial score (nSPS) is 16.3. The zero-order chi connectivity index (χ0) is 12.7. The highest BCUT2D eigenvalue weighted by Gasteiger charge is 2.26. The molecule has 16 heavy (non-hydrogen) atoms. The molecular formula is C11H20O5. The van der Waals surface area contributed by atoms with Crippen molar-refractivity contribution in [2.75, 3.05) is 6.61 Å². The van der Waals surface area contributed by atoms with E-state index < -0.39 is 24.3 Å². The zero-order valence-corrected chi connectivity index (χ0v) is 10.2. The Balaban J connectivity index is 4.34. The Bertz CT molecular complexity index is 239. The molecule has 0 aromatic carbocycles. The molecule has 0 amide bonds. The van der Waals surface area contributed by atoms with E-state index in [9.17, 15) is 9.59 Å². The molecule has 0 saturated carbocycles. The molecular weight excluding hydrogens is 212 g/mol. The number of hydrogen-bond acceptors (Lipinski definition) is 5. The van der Waals surface area contributed by atoms with Gasteiger partial charge in [0.05, 0.1) is 12.7 Å². The molecule has 0 aliphatic carbocycles. The van der Waals surface area contributed by atoms with Crippen LogP contribution in [0.15, 0.2) is 0 Å². The lowest BCUT2D eigenvalue weighted by molar-refractivity contribution is -0.158. The minimum Gasteiger partial charge on any atom is -0.455 e. The number of ketones is 1. The predicted octanol–water partition coefficient (Wildman–Crippen LogP) is 0.683. The summed E-state index contributed by atoms with van der Waals surface area (Å²) in [6.07, 6.45) is -1.38. The average molecular weight is 232 g/mol. The van der Waals surface area contributed by atoms with Crippen LogP contribution in [0, 0.1) is 0 Å². The van der Waals surface area contributed by atoms with Crippen LogP contribution < -0.4 is 0 Å². The first-order valence-electron chi connectivity index (χ1n) is 5.39. The molecule has 0 aromatic rings. The zero-order valence-electron chi connectivity index (χ0n) is 10.2. The second-order valence-corrected chi connectivity index (χ2v) is 3.68. The van der Waals surface area contributed by atoms with Crippen LogP contribution in [0.1, 0.15) is 34.1 Å². The minimum atomic E-state index is -0.812. The van der Waals surface area contributed by atoms with Crippen LogP contribution in [0.4, 0.5) is 0 Å². The summed E-state index contributed by atoms with van der Waals surface area (Å²) in [5.74, 6) is -0.774. The van der Waals surface area contributed by atoms with E-state index in [0.29, 0.717) is 6.42 Å². The summed E-state index contributed by atoms with van der Waals surface area (Å²) in [5, 5.41) is 8.82. The van der Waals surface area contributed by atoms with Crippen LogP contribution in [0.2, 0.25) is 0 Å². The summed E-state index contributed by atoms with van der Waals surface area (Å²) in [4.78, 5) is 22.5. The van der Waals surface area contributed by atoms with Gasteiger partial charge in [0, 0.05) is 6.92 Å². The molecule has 0 bridgehead atoms. The van der Waals surface area contributed by atoms with E-state index in [-0.39, 0.29) is 12.4 Å². The van der Waals surface area contributed by atoms with Crippen LogP contribution in [-0.4, -0.2) is 41.8 Å². The molecule has 1 N–H and O–H groups in total. The number of ether oxygens (including phenoxy) is 2. The molecule has 0 spiro atoms. The van der Waals surface area contributed by atoms with Crippen molar-refractivity contribution < 1.29 is 24.2 Å². The quantitative estimate of drug-likeness (QED) is 0.653. The van der Waals surface area contributed by atoms with Crippen LogP contribution in [0.25, 0.3) is 0 Å². The lowest BCUT2D eigenvalue weighted by Gasteiger charge is -2.21. The van der Waals surface area contributed by atoms with Crippen LogP contribution >= 0.6 is 0 Å². The molecule has 0 aliphatic heterocycles. The Labute approximate surface area is 95.7 Å². The summed E-state index contributed by atoms with van der Waals surface area (Å²) in [5.41, 5.74) is 0. The number of aliphatic hydroxyl groups excluding tert-OH is 1. The molecule has 5 heteroatoms. The smallest absolute Gasteiger partial charge is 0.303 e. The fraction of sp³-hybridized carbons (Fsp3) is 0.818. The molecule has 0 fully saturated rings. The fourth-order valence-corrected chi connectivity index (χ4v) is 1.26. The summed E-state index contributed by atoms with van der Waals surface area (Å²) in [6.45, 7) is 6.09. The molecule has 94 valence electrons. The summed E-state index contributed by atoms with van der Waals surface area (Å²) >= 11 is 0. The molecule has 3 unspecified atom stereocenters. The first-order valence-corrected chi connectivity index (χ1v) is 5.39. The van der Waals surface area contributed by atoms with Crippen LogP contribution in [0.3, 0.4) is 0 Å². The molecule has 0 rings (SSSR count). The number of carbonyl (C=O) groups excluding carboxylic acids is 2. The first kappa shape index (κ1) is 15.1.